The predicted octanol–water partition coefficient (Wildman–Crippen LogP) is -11.8. The maximum absolute atomic E-state index is 6.50. The zero-order chi connectivity index (χ0) is 2.00. The Morgan fingerprint density at radius 3 is 0.857 bits per heavy atom. The molecule has 0 N–H and O–H groups in total. The molecule has 36 valence electrons. The quantitative estimate of drug-likeness (QED) is 0.336. The molecule has 0 aromatic rings. The first-order chi connectivity index (χ1) is 1.00. The molecule has 0 saturated carbocycles. The van der Waals surface area contributed by atoms with E-state index in [-0.39, 0.29) is 79.6 Å². The molecule has 0 aliphatic rings. The Morgan fingerprint density at radius 2 is 0.857 bits per heavy atom. The van der Waals surface area contributed by atoms with Crippen LogP contribution in [-0.2, 0) is 17.1 Å². The van der Waals surface area contributed by atoms with Gasteiger partial charge in [-0.3, -0.25) is 0 Å². The molecule has 0 amide bonds. The van der Waals surface area contributed by atoms with E-state index >= 15 is 0 Å². The normalized spacial score (nSPS) is 0.286. The third kappa shape index (κ3) is 81.8. The second kappa shape index (κ2) is 113. The van der Waals surface area contributed by atoms with Crippen molar-refractivity contribution in [1.82, 2.24) is 0 Å². The molecule has 7 heavy (non-hydrogen) atoms. The zero-order valence-corrected chi connectivity index (χ0v) is 6.54. The van der Waals surface area contributed by atoms with Crippen molar-refractivity contribution in [3.8, 4) is 6.57 Å². The van der Waals surface area contributed by atoms with Crippen LogP contribution in [-0.4, -0.2) is 0 Å². The van der Waals surface area contributed by atoms with Crippen molar-refractivity contribution in [1.29, 1.82) is 5.26 Å². The summed E-state index contributed by atoms with van der Waals surface area (Å²) in [5.41, 5.74) is 0. The van der Waals surface area contributed by atoms with Crippen molar-refractivity contribution in [2.75, 3.05) is 0 Å². The van der Waals surface area contributed by atoms with Crippen molar-refractivity contribution in [2.45, 2.75) is 0 Å². The molecule has 0 aromatic carbocycles. The van der Waals surface area contributed by atoms with Crippen LogP contribution in [0.15, 0.2) is 0 Å². The molecule has 0 radical (unpaired) electrons. The number of hydrogen-bond acceptors (Lipinski definition) is 1. The van der Waals surface area contributed by atoms with E-state index in [0.29, 0.717) is 0 Å². The molecule has 1 nitrogen and oxygen atoms in total. The van der Waals surface area contributed by atoms with Crippen molar-refractivity contribution in [2.24, 2.45) is 0 Å². The fourth-order valence-corrected chi connectivity index (χ4v) is 0. The van der Waals surface area contributed by atoms with Crippen LogP contribution in [0.4, 0.5) is 0 Å². The summed E-state index contributed by atoms with van der Waals surface area (Å²) >= 11 is 0. The van der Waals surface area contributed by atoms with Gasteiger partial charge < -0.3 is 24.8 Å². The molecular formula is CHCl2CuLi2N+. The van der Waals surface area contributed by atoms with Crippen molar-refractivity contribution in [3.63, 3.8) is 0 Å². The average Bonchev–Trinajstić information content (AvgIpc) is 1.00. The van der Waals surface area contributed by atoms with E-state index in [1.807, 2.05) is 0 Å². The van der Waals surface area contributed by atoms with Crippen LogP contribution < -0.4 is 62.5 Å². The monoisotopic (exact) mass is 174 g/mol. The van der Waals surface area contributed by atoms with Gasteiger partial charge in [0, 0.05) is 6.57 Å². The first-order valence-electron chi connectivity index (χ1n) is 0.258. The molecular weight excluding hydrogens is 174 g/mol. The number of rotatable bonds is 0. The van der Waals surface area contributed by atoms with E-state index in [0.717, 1.165) is 0 Å². The molecule has 0 aliphatic heterocycles. The summed E-state index contributed by atoms with van der Waals surface area (Å²) in [4.78, 5) is 0. The van der Waals surface area contributed by atoms with Gasteiger partial charge in [0.1, 0.15) is 0 Å². The van der Waals surface area contributed by atoms with Crippen LogP contribution in [0.2, 0.25) is 0 Å². The standard InChI is InChI=1S/CHN.2ClH.Cu.2Li/c1-2;;;;;/h1H;2*1H;;;/q;;;3*+1/p-2. The molecule has 6 heteroatoms. The minimum atomic E-state index is 0. The Labute approximate surface area is 90.6 Å². The molecule has 0 fully saturated rings. The van der Waals surface area contributed by atoms with E-state index in [4.69, 9.17) is 5.26 Å². The van der Waals surface area contributed by atoms with Gasteiger partial charge in [-0.15, -0.1) is 0 Å². The van der Waals surface area contributed by atoms with Gasteiger partial charge in [0.2, 0.25) is 0 Å². The molecule has 0 saturated heterocycles. The van der Waals surface area contributed by atoms with E-state index < -0.39 is 0 Å². The smallest absolute Gasteiger partial charge is 1.00 e. The number of halogens is 2. The molecule has 0 spiro atoms. The minimum Gasteiger partial charge on any atom is -1.00 e. The van der Waals surface area contributed by atoms with Crippen LogP contribution in [0, 0.1) is 11.8 Å². The topological polar surface area (TPSA) is 23.8 Å². The summed E-state index contributed by atoms with van der Waals surface area (Å²) < 4.78 is 0. The second-order valence-electron chi connectivity index (χ2n) is 0. The van der Waals surface area contributed by atoms with E-state index in [9.17, 15) is 0 Å². The maximum Gasteiger partial charge on any atom is 1.00 e. The average molecular weight is 175 g/mol. The number of nitriles is 1. The first kappa shape index (κ1) is 68.7. The van der Waals surface area contributed by atoms with Crippen LogP contribution >= 0.6 is 0 Å². The molecule has 0 heterocycles. The van der Waals surface area contributed by atoms with Crippen LogP contribution in [0.25, 0.3) is 0 Å². The molecule has 0 aromatic heterocycles. The van der Waals surface area contributed by atoms with Crippen molar-refractivity contribution in [3.05, 3.63) is 0 Å². The van der Waals surface area contributed by atoms with Gasteiger partial charge in [0.05, 0.1) is 0 Å². The number of nitrogens with zero attached hydrogens (tertiary/aromatic N) is 1. The third-order valence-corrected chi connectivity index (χ3v) is 0. The number of hydrogen-bond donors (Lipinski definition) is 0. The van der Waals surface area contributed by atoms with Crippen molar-refractivity contribution >= 4 is 0 Å². The Kier molecular flexibility index (Phi) is 1100. The Hall–Kier alpha value is 1.78. The molecule has 0 rings (SSSR count). The molecule has 0 unspecified atom stereocenters. The molecule has 0 bridgehead atoms. The maximum atomic E-state index is 6.50. The fourth-order valence-electron chi connectivity index (χ4n) is 0. The van der Waals surface area contributed by atoms with Crippen LogP contribution in [0.5, 0.6) is 0 Å². The van der Waals surface area contributed by atoms with Gasteiger partial charge in [0.25, 0.3) is 0 Å². The Balaban J connectivity index is -0.000000000500. The first-order valence-corrected chi connectivity index (χ1v) is 0.258. The fraction of sp³-hybridized carbons (Fsp3) is 0. The summed E-state index contributed by atoms with van der Waals surface area (Å²) in [5.74, 6) is 0. The summed E-state index contributed by atoms with van der Waals surface area (Å²) in [6.07, 6.45) is 0. The van der Waals surface area contributed by atoms with Crippen LogP contribution in [0.1, 0.15) is 0 Å². The third-order valence-electron chi connectivity index (χ3n) is 0. The molecule has 0 aliphatic carbocycles. The zero-order valence-electron chi connectivity index (χ0n) is 4.08. The SMILES string of the molecule is C#N.[Cl-].[Cl-].[Cu+].[Li+].[Li+]. The van der Waals surface area contributed by atoms with Gasteiger partial charge in [-0.1, -0.05) is 0 Å². The van der Waals surface area contributed by atoms with Gasteiger partial charge in [0.15, 0.2) is 0 Å². The minimum absolute atomic E-state index is 0. The van der Waals surface area contributed by atoms with Crippen LogP contribution in [0.3, 0.4) is 0 Å². The van der Waals surface area contributed by atoms with Gasteiger partial charge in [-0.2, -0.15) is 0 Å². The largest absolute Gasteiger partial charge is 1.00 e. The van der Waals surface area contributed by atoms with Gasteiger partial charge in [-0.25, -0.2) is 5.26 Å². The predicted molar refractivity (Wildman–Crippen MR) is 6.67 cm³/mol. The van der Waals surface area contributed by atoms with E-state index in [2.05, 4.69) is 6.57 Å². The summed E-state index contributed by atoms with van der Waals surface area (Å²) in [6, 6.07) is 0. The second-order valence-corrected chi connectivity index (χ2v) is 0. The summed E-state index contributed by atoms with van der Waals surface area (Å²) in [7, 11) is 0. The summed E-state index contributed by atoms with van der Waals surface area (Å²) in [5, 5.41) is 6.50. The van der Waals surface area contributed by atoms with E-state index in [1.54, 1.807) is 0 Å². The van der Waals surface area contributed by atoms with Gasteiger partial charge >= 0.3 is 54.8 Å². The summed E-state index contributed by atoms with van der Waals surface area (Å²) in [6.45, 7) is 3.50. The molecule has 0 atom stereocenters. The van der Waals surface area contributed by atoms with Gasteiger partial charge in [-0.05, 0) is 0 Å². The Bertz CT molecular complexity index is 20.4. The Morgan fingerprint density at radius 1 is 0.857 bits per heavy atom. The van der Waals surface area contributed by atoms with Crippen molar-refractivity contribution < 1.29 is 79.6 Å². The van der Waals surface area contributed by atoms with E-state index in [1.165, 1.54) is 0 Å².